The number of hydrogen-bond acceptors (Lipinski definition) is 2. The molecule has 0 heterocycles. The Balaban J connectivity index is 2.74. The second-order valence-electron chi connectivity index (χ2n) is 4.08. The number of rotatable bonds is 4. The van der Waals surface area contributed by atoms with Crippen molar-refractivity contribution >= 4 is 0 Å². The molecule has 0 aliphatic carbocycles. The first-order valence-corrected chi connectivity index (χ1v) is 5.91. The summed E-state index contributed by atoms with van der Waals surface area (Å²) in [6.45, 7) is 0.488. The molecule has 0 saturated heterocycles. The van der Waals surface area contributed by atoms with E-state index in [9.17, 15) is 17.6 Å². The third kappa shape index (κ3) is 5.19. The lowest BCUT2D eigenvalue weighted by molar-refractivity contribution is -0.217. The van der Waals surface area contributed by atoms with Gasteiger partial charge in [-0.3, -0.25) is 0 Å². The summed E-state index contributed by atoms with van der Waals surface area (Å²) >= 11 is 0. The van der Waals surface area contributed by atoms with Crippen molar-refractivity contribution in [2.45, 2.75) is 32.2 Å². The molecule has 0 spiro atoms. The largest absolute Gasteiger partial charge is 0.414 e. The lowest BCUT2D eigenvalue weighted by Gasteiger charge is -2.16. The van der Waals surface area contributed by atoms with E-state index in [-0.39, 0.29) is 25.2 Å². The smallest absolute Gasteiger partial charge is 0.395 e. The summed E-state index contributed by atoms with van der Waals surface area (Å²) in [6, 6.07) is 3.80. The Morgan fingerprint density at radius 1 is 1.35 bits per heavy atom. The van der Waals surface area contributed by atoms with E-state index < -0.39 is 18.1 Å². The van der Waals surface area contributed by atoms with Crippen LogP contribution in [0.4, 0.5) is 17.6 Å². The summed E-state index contributed by atoms with van der Waals surface area (Å²) in [6.07, 6.45) is -6.12. The van der Waals surface area contributed by atoms with Crippen molar-refractivity contribution in [2.24, 2.45) is 0 Å². The topological polar surface area (TPSA) is 29.5 Å². The Hall–Kier alpha value is -1.58. The van der Waals surface area contributed by atoms with Crippen LogP contribution in [0.5, 0.6) is 0 Å². The van der Waals surface area contributed by atoms with E-state index >= 15 is 0 Å². The van der Waals surface area contributed by atoms with Crippen molar-refractivity contribution in [3.05, 3.63) is 35.1 Å². The number of benzene rings is 1. The predicted molar refractivity (Wildman–Crippen MR) is 65.3 cm³/mol. The molecule has 0 aromatic heterocycles. The van der Waals surface area contributed by atoms with E-state index in [0.29, 0.717) is 5.56 Å². The summed E-state index contributed by atoms with van der Waals surface area (Å²) in [5, 5.41) is 8.57. The minimum atomic E-state index is -4.43. The van der Waals surface area contributed by atoms with Gasteiger partial charge in [-0.25, -0.2) is 4.39 Å². The molecule has 0 aliphatic rings. The van der Waals surface area contributed by atoms with E-state index in [1.54, 1.807) is 0 Å². The lowest BCUT2D eigenvalue weighted by Crippen LogP contribution is -2.28. The Labute approximate surface area is 114 Å². The highest BCUT2D eigenvalue weighted by Gasteiger charge is 2.36. The first-order valence-electron chi connectivity index (χ1n) is 5.91. The van der Waals surface area contributed by atoms with E-state index in [4.69, 9.17) is 5.11 Å². The molecule has 1 atom stereocenters. The molecule has 1 aromatic carbocycles. The van der Waals surface area contributed by atoms with Crippen LogP contribution in [-0.2, 0) is 11.3 Å². The van der Waals surface area contributed by atoms with Crippen molar-refractivity contribution < 1.29 is 27.4 Å². The fourth-order valence-corrected chi connectivity index (χ4v) is 1.29. The van der Waals surface area contributed by atoms with Gasteiger partial charge in [0.1, 0.15) is 5.82 Å². The molecule has 1 rings (SSSR count). The average Bonchev–Trinajstić information content (AvgIpc) is 2.38. The molecule has 0 saturated carbocycles. The van der Waals surface area contributed by atoms with Gasteiger partial charge in [0.15, 0.2) is 6.10 Å². The molecular formula is C14H14F4O2. The monoisotopic (exact) mass is 290 g/mol. The first-order chi connectivity index (χ1) is 9.34. The second-order valence-corrected chi connectivity index (χ2v) is 4.08. The van der Waals surface area contributed by atoms with Crippen LogP contribution in [-0.4, -0.2) is 24.0 Å². The zero-order valence-electron chi connectivity index (χ0n) is 10.8. The molecule has 1 unspecified atom stereocenters. The fourth-order valence-electron chi connectivity index (χ4n) is 1.29. The zero-order valence-corrected chi connectivity index (χ0v) is 10.8. The van der Waals surface area contributed by atoms with Gasteiger partial charge >= 0.3 is 6.18 Å². The van der Waals surface area contributed by atoms with Crippen LogP contribution < -0.4 is 0 Å². The van der Waals surface area contributed by atoms with Crippen LogP contribution in [0.2, 0.25) is 0 Å². The number of aliphatic hydroxyl groups is 1. The van der Waals surface area contributed by atoms with Crippen LogP contribution in [0.25, 0.3) is 0 Å². The summed E-state index contributed by atoms with van der Waals surface area (Å²) in [7, 11) is 0. The number of ether oxygens (including phenoxy) is 1. The Morgan fingerprint density at radius 3 is 2.65 bits per heavy atom. The molecular weight excluding hydrogens is 276 g/mol. The van der Waals surface area contributed by atoms with Gasteiger partial charge in [-0.1, -0.05) is 17.9 Å². The summed E-state index contributed by atoms with van der Waals surface area (Å²) in [5.74, 6) is 4.49. The molecule has 0 amide bonds. The van der Waals surface area contributed by atoms with E-state index in [2.05, 4.69) is 16.6 Å². The Kier molecular flexibility index (Phi) is 5.99. The van der Waals surface area contributed by atoms with E-state index in [1.807, 2.05) is 0 Å². The maximum absolute atomic E-state index is 13.4. The van der Waals surface area contributed by atoms with Crippen molar-refractivity contribution in [3.63, 3.8) is 0 Å². The van der Waals surface area contributed by atoms with Crippen molar-refractivity contribution in [2.75, 3.05) is 6.61 Å². The Bertz CT molecular complexity index is 500. The van der Waals surface area contributed by atoms with Crippen LogP contribution in [0, 0.1) is 17.7 Å². The zero-order chi connectivity index (χ0) is 15.2. The molecule has 0 bridgehead atoms. The number of aliphatic hydroxyl groups excluding tert-OH is 1. The van der Waals surface area contributed by atoms with Gasteiger partial charge in [-0.15, -0.1) is 0 Å². The van der Waals surface area contributed by atoms with Crippen LogP contribution in [0.15, 0.2) is 18.2 Å². The molecule has 0 fully saturated rings. The minimum Gasteiger partial charge on any atom is -0.395 e. The Morgan fingerprint density at radius 2 is 2.05 bits per heavy atom. The maximum atomic E-state index is 13.4. The third-order valence-corrected chi connectivity index (χ3v) is 2.45. The molecule has 1 N–H and O–H groups in total. The minimum absolute atomic E-state index is 0.0687. The van der Waals surface area contributed by atoms with Gasteiger partial charge in [0, 0.05) is 6.42 Å². The van der Waals surface area contributed by atoms with E-state index in [0.717, 1.165) is 13.0 Å². The summed E-state index contributed by atoms with van der Waals surface area (Å²) in [4.78, 5) is 0. The number of halogens is 4. The standard InChI is InChI=1S/C14H14F4O2/c1-10(14(16,17)18)20-9-11-5-6-13(15)12(8-11)4-2-3-7-19/h5-6,8,10,19H,3,7,9H2,1H3. The number of alkyl halides is 3. The van der Waals surface area contributed by atoms with Gasteiger partial charge in [-0.2, -0.15) is 13.2 Å². The third-order valence-electron chi connectivity index (χ3n) is 2.45. The summed E-state index contributed by atoms with van der Waals surface area (Å²) < 4.78 is 54.9. The van der Waals surface area contributed by atoms with Crippen LogP contribution in [0.3, 0.4) is 0 Å². The fraction of sp³-hybridized carbons (Fsp3) is 0.429. The van der Waals surface area contributed by atoms with Crippen molar-refractivity contribution in [1.82, 2.24) is 0 Å². The quantitative estimate of drug-likeness (QED) is 0.682. The highest BCUT2D eigenvalue weighted by molar-refractivity contribution is 5.38. The van der Waals surface area contributed by atoms with Gasteiger partial charge < -0.3 is 9.84 Å². The number of hydrogen-bond donors (Lipinski definition) is 1. The van der Waals surface area contributed by atoms with Crippen molar-refractivity contribution in [3.8, 4) is 11.8 Å². The summed E-state index contributed by atoms with van der Waals surface area (Å²) in [5.41, 5.74) is 0.468. The van der Waals surface area contributed by atoms with E-state index in [1.165, 1.54) is 12.1 Å². The highest BCUT2D eigenvalue weighted by atomic mass is 19.4. The first kappa shape index (κ1) is 16.5. The van der Waals surface area contributed by atoms with Crippen molar-refractivity contribution in [1.29, 1.82) is 0 Å². The van der Waals surface area contributed by atoms with Gasteiger partial charge in [-0.05, 0) is 24.6 Å². The highest BCUT2D eigenvalue weighted by Crippen LogP contribution is 2.23. The van der Waals surface area contributed by atoms with Gasteiger partial charge in [0.05, 0.1) is 18.8 Å². The average molecular weight is 290 g/mol. The second kappa shape index (κ2) is 7.27. The van der Waals surface area contributed by atoms with Gasteiger partial charge in [0.25, 0.3) is 0 Å². The van der Waals surface area contributed by atoms with Crippen LogP contribution in [0.1, 0.15) is 24.5 Å². The molecule has 6 heteroatoms. The normalized spacial score (nSPS) is 12.7. The van der Waals surface area contributed by atoms with Crippen LogP contribution >= 0.6 is 0 Å². The maximum Gasteiger partial charge on any atom is 0.414 e. The molecule has 2 nitrogen and oxygen atoms in total. The molecule has 110 valence electrons. The van der Waals surface area contributed by atoms with Gasteiger partial charge in [0.2, 0.25) is 0 Å². The lowest BCUT2D eigenvalue weighted by atomic mass is 10.1. The molecule has 0 aliphatic heterocycles. The SMILES string of the molecule is CC(OCc1ccc(F)c(C#CCCO)c1)C(F)(F)F. The molecule has 0 radical (unpaired) electrons. The molecule has 20 heavy (non-hydrogen) atoms. The predicted octanol–water partition coefficient (Wildman–Crippen LogP) is 3.03. The molecule has 1 aromatic rings.